The van der Waals surface area contributed by atoms with Crippen molar-refractivity contribution in [2.24, 2.45) is 0 Å². The second-order valence-electron chi connectivity index (χ2n) is 6.08. The lowest BCUT2D eigenvalue weighted by atomic mass is 10.1. The molecule has 3 aromatic rings. The average Bonchev–Trinajstić information content (AvgIpc) is 3.08. The highest BCUT2D eigenvalue weighted by atomic mass is 16.1. The van der Waals surface area contributed by atoms with Crippen molar-refractivity contribution in [2.45, 2.75) is 13.3 Å². The molecule has 0 unspecified atom stereocenters. The number of anilines is 3. The number of aromatic nitrogens is 2. The number of hydrogen-bond donors (Lipinski definition) is 1. The molecule has 124 valence electrons. The Morgan fingerprint density at radius 3 is 2.56 bits per heavy atom. The molecule has 0 spiro atoms. The normalized spacial score (nSPS) is 12.8. The first kappa shape index (κ1) is 15.3. The Labute approximate surface area is 146 Å². The van der Waals surface area contributed by atoms with Crippen LogP contribution in [0.1, 0.15) is 21.5 Å². The lowest BCUT2D eigenvalue weighted by Gasteiger charge is -2.20. The number of amides is 1. The van der Waals surface area contributed by atoms with Crippen LogP contribution in [-0.4, -0.2) is 22.4 Å². The maximum absolute atomic E-state index is 12.6. The lowest BCUT2D eigenvalue weighted by Crippen LogP contribution is -2.19. The molecule has 0 atom stereocenters. The van der Waals surface area contributed by atoms with E-state index in [2.05, 4.69) is 26.3 Å². The van der Waals surface area contributed by atoms with Gasteiger partial charge in [0.15, 0.2) is 0 Å². The van der Waals surface area contributed by atoms with E-state index < -0.39 is 0 Å². The van der Waals surface area contributed by atoms with Gasteiger partial charge in [-0.1, -0.05) is 29.8 Å². The van der Waals surface area contributed by atoms with E-state index in [1.165, 1.54) is 5.56 Å². The number of nitrogens with one attached hydrogen (secondary N) is 1. The smallest absolute Gasteiger partial charge is 0.255 e. The van der Waals surface area contributed by atoms with Gasteiger partial charge in [0, 0.05) is 24.5 Å². The first-order chi connectivity index (χ1) is 12.2. The molecule has 1 amide bonds. The number of rotatable bonds is 3. The fourth-order valence-electron chi connectivity index (χ4n) is 3.09. The standard InChI is InChI=1S/C20H18N4O/c1-14-6-8-16(9-7-14)19(25)23-17-5-2-4-15-10-13-24(18(15)17)20-21-11-3-12-22-20/h2-9,11-12H,10,13H2,1H3,(H,23,25). The van der Waals surface area contributed by atoms with Gasteiger partial charge in [0.1, 0.15) is 0 Å². The predicted molar refractivity (Wildman–Crippen MR) is 98.3 cm³/mol. The summed E-state index contributed by atoms with van der Waals surface area (Å²) in [6, 6.07) is 15.3. The molecule has 4 rings (SSSR count). The summed E-state index contributed by atoms with van der Waals surface area (Å²) in [7, 11) is 0. The van der Waals surface area contributed by atoms with Crippen molar-refractivity contribution in [1.82, 2.24) is 9.97 Å². The van der Waals surface area contributed by atoms with Gasteiger partial charge in [0.05, 0.1) is 11.4 Å². The van der Waals surface area contributed by atoms with Gasteiger partial charge < -0.3 is 10.2 Å². The van der Waals surface area contributed by atoms with Gasteiger partial charge >= 0.3 is 0 Å². The van der Waals surface area contributed by atoms with E-state index in [0.717, 1.165) is 29.9 Å². The number of carbonyl (C=O) groups excluding carboxylic acids is 1. The number of carbonyl (C=O) groups is 1. The van der Waals surface area contributed by atoms with E-state index in [4.69, 9.17) is 0 Å². The van der Waals surface area contributed by atoms with Gasteiger partial charge in [-0.25, -0.2) is 9.97 Å². The molecule has 0 radical (unpaired) electrons. The monoisotopic (exact) mass is 330 g/mol. The van der Waals surface area contributed by atoms with Crippen molar-refractivity contribution < 1.29 is 4.79 Å². The van der Waals surface area contributed by atoms with Crippen molar-refractivity contribution in [2.75, 3.05) is 16.8 Å². The van der Waals surface area contributed by atoms with Crippen LogP contribution >= 0.6 is 0 Å². The highest BCUT2D eigenvalue weighted by Gasteiger charge is 2.26. The maximum Gasteiger partial charge on any atom is 0.255 e. The minimum absolute atomic E-state index is 0.116. The SMILES string of the molecule is Cc1ccc(C(=O)Nc2cccc3c2N(c2ncccn2)CC3)cc1. The van der Waals surface area contributed by atoms with E-state index in [1.54, 1.807) is 18.5 Å². The highest BCUT2D eigenvalue weighted by Crippen LogP contribution is 2.38. The van der Waals surface area contributed by atoms with Crippen LogP contribution in [0.15, 0.2) is 60.9 Å². The fourth-order valence-corrected chi connectivity index (χ4v) is 3.09. The van der Waals surface area contributed by atoms with Crippen molar-refractivity contribution in [3.63, 3.8) is 0 Å². The molecule has 0 aliphatic carbocycles. The molecule has 5 heteroatoms. The van der Waals surface area contributed by atoms with E-state index in [1.807, 2.05) is 43.3 Å². The second kappa shape index (κ2) is 6.36. The number of hydrogen-bond acceptors (Lipinski definition) is 4. The van der Waals surface area contributed by atoms with Crippen molar-refractivity contribution in [3.05, 3.63) is 77.6 Å². The summed E-state index contributed by atoms with van der Waals surface area (Å²) < 4.78 is 0. The molecule has 0 bridgehead atoms. The zero-order valence-electron chi connectivity index (χ0n) is 13.9. The molecular formula is C20H18N4O. The molecule has 2 aromatic carbocycles. The molecule has 0 saturated heterocycles. The van der Waals surface area contributed by atoms with Crippen molar-refractivity contribution in [1.29, 1.82) is 0 Å². The van der Waals surface area contributed by atoms with Crippen LogP contribution in [0.3, 0.4) is 0 Å². The molecule has 25 heavy (non-hydrogen) atoms. The number of fused-ring (bicyclic) bond motifs is 1. The van der Waals surface area contributed by atoms with E-state index in [9.17, 15) is 4.79 Å². The highest BCUT2D eigenvalue weighted by molar-refractivity contribution is 6.06. The number of para-hydroxylation sites is 1. The van der Waals surface area contributed by atoms with Gasteiger partial charge in [-0.3, -0.25) is 4.79 Å². The fraction of sp³-hybridized carbons (Fsp3) is 0.150. The molecule has 1 aliphatic rings. The Morgan fingerprint density at radius 1 is 1.04 bits per heavy atom. The molecule has 5 nitrogen and oxygen atoms in total. The Balaban J connectivity index is 1.67. The zero-order valence-corrected chi connectivity index (χ0v) is 13.9. The van der Waals surface area contributed by atoms with Crippen LogP contribution in [0.25, 0.3) is 0 Å². The summed E-state index contributed by atoms with van der Waals surface area (Å²) in [5, 5.41) is 3.04. The van der Waals surface area contributed by atoms with Gasteiger partial charge in [-0.15, -0.1) is 0 Å². The number of aryl methyl sites for hydroxylation is 1. The molecule has 1 aromatic heterocycles. The summed E-state index contributed by atoms with van der Waals surface area (Å²) in [5.74, 6) is 0.535. The largest absolute Gasteiger partial charge is 0.320 e. The Morgan fingerprint density at radius 2 is 1.80 bits per heavy atom. The van der Waals surface area contributed by atoms with Gasteiger partial charge in [-0.2, -0.15) is 0 Å². The third-order valence-electron chi connectivity index (χ3n) is 4.35. The summed E-state index contributed by atoms with van der Waals surface area (Å²) in [6.45, 7) is 2.81. The van der Waals surface area contributed by atoms with E-state index >= 15 is 0 Å². The average molecular weight is 330 g/mol. The van der Waals surface area contributed by atoms with Crippen LogP contribution in [0.2, 0.25) is 0 Å². The Hall–Kier alpha value is -3.21. The van der Waals surface area contributed by atoms with Crippen LogP contribution < -0.4 is 10.2 Å². The lowest BCUT2D eigenvalue weighted by molar-refractivity contribution is 0.102. The molecule has 1 N–H and O–H groups in total. The zero-order chi connectivity index (χ0) is 17.2. The Bertz CT molecular complexity index is 907. The maximum atomic E-state index is 12.6. The van der Waals surface area contributed by atoms with Gasteiger partial charge in [0.25, 0.3) is 5.91 Å². The quantitative estimate of drug-likeness (QED) is 0.795. The number of nitrogens with zero attached hydrogens (tertiary/aromatic N) is 3. The van der Waals surface area contributed by atoms with Crippen molar-refractivity contribution >= 4 is 23.2 Å². The van der Waals surface area contributed by atoms with Crippen LogP contribution in [0.5, 0.6) is 0 Å². The molecule has 2 heterocycles. The molecule has 0 fully saturated rings. The number of benzene rings is 2. The summed E-state index contributed by atoms with van der Waals surface area (Å²) in [5.41, 5.74) is 4.73. The predicted octanol–water partition coefficient (Wildman–Crippen LogP) is 3.73. The first-order valence-electron chi connectivity index (χ1n) is 8.27. The minimum Gasteiger partial charge on any atom is -0.320 e. The topological polar surface area (TPSA) is 58.1 Å². The second-order valence-corrected chi connectivity index (χ2v) is 6.08. The summed E-state index contributed by atoms with van der Waals surface area (Å²) in [6.07, 6.45) is 4.36. The molecular weight excluding hydrogens is 312 g/mol. The van der Waals surface area contributed by atoms with Crippen molar-refractivity contribution in [3.8, 4) is 0 Å². The Kier molecular flexibility index (Phi) is 3.90. The third-order valence-corrected chi connectivity index (χ3v) is 4.35. The van der Waals surface area contributed by atoms with Gasteiger partial charge in [0.2, 0.25) is 5.95 Å². The summed E-state index contributed by atoms with van der Waals surface area (Å²) in [4.78, 5) is 23.4. The van der Waals surface area contributed by atoms with Crippen LogP contribution in [0, 0.1) is 6.92 Å². The van der Waals surface area contributed by atoms with E-state index in [-0.39, 0.29) is 5.91 Å². The van der Waals surface area contributed by atoms with Crippen LogP contribution in [0.4, 0.5) is 17.3 Å². The third kappa shape index (κ3) is 2.96. The van der Waals surface area contributed by atoms with E-state index in [0.29, 0.717) is 11.5 Å². The van der Waals surface area contributed by atoms with Gasteiger partial charge in [-0.05, 0) is 43.2 Å². The van der Waals surface area contributed by atoms with Crippen LogP contribution in [-0.2, 0) is 6.42 Å². The minimum atomic E-state index is -0.116. The first-order valence-corrected chi connectivity index (χ1v) is 8.27. The summed E-state index contributed by atoms with van der Waals surface area (Å²) >= 11 is 0. The molecule has 1 aliphatic heterocycles. The molecule has 0 saturated carbocycles.